The van der Waals surface area contributed by atoms with Gasteiger partial charge in [0, 0.05) is 54.1 Å². The predicted octanol–water partition coefficient (Wildman–Crippen LogP) is -1.60. The number of hydrogen-bond donors (Lipinski definition) is 5. The summed E-state index contributed by atoms with van der Waals surface area (Å²) in [6, 6.07) is 0. The van der Waals surface area contributed by atoms with Crippen LogP contribution in [0.1, 0.15) is 6.42 Å². The third-order valence-corrected chi connectivity index (χ3v) is 0.810. The van der Waals surface area contributed by atoms with Gasteiger partial charge in [0.15, 0.2) is 0 Å². The topological polar surface area (TPSA) is 110 Å². The molecule has 0 amide bonds. The van der Waals surface area contributed by atoms with E-state index in [2.05, 4.69) is 6.92 Å². The summed E-state index contributed by atoms with van der Waals surface area (Å²) in [4.78, 5) is 0. The maximum atomic E-state index is 8.69. The smallest absolute Gasteiger partial charge is 0.100 e. The van der Waals surface area contributed by atoms with Crippen molar-refractivity contribution in [3.8, 4) is 0 Å². The summed E-state index contributed by atoms with van der Waals surface area (Å²) in [5.74, 6) is 0. The second-order valence-electron chi connectivity index (χ2n) is 1.76. The quantitative estimate of drug-likeness (QED) is 0.308. The summed E-state index contributed by atoms with van der Waals surface area (Å²) in [5.41, 5.74) is 0. The van der Waals surface area contributed by atoms with E-state index in [1.807, 2.05) is 0 Å². The first-order valence-corrected chi connectivity index (χ1v) is 4.31. The van der Waals surface area contributed by atoms with Crippen molar-refractivity contribution >= 4 is 0 Å². The van der Waals surface area contributed by atoms with Crippen LogP contribution in [0.5, 0.6) is 0 Å². The minimum Gasteiger partial charge on any atom is -0.400 e. The molecular weight excluding hydrogens is 295 g/mol. The molecule has 1 unspecified atom stereocenters. The Labute approximate surface area is 117 Å². The third kappa shape index (κ3) is 46.7. The van der Waals surface area contributed by atoms with E-state index in [0.29, 0.717) is 13.0 Å². The molecule has 0 aliphatic rings. The van der Waals surface area contributed by atoms with Crippen molar-refractivity contribution in [1.29, 1.82) is 0 Å². The van der Waals surface area contributed by atoms with E-state index in [-0.39, 0.29) is 39.4 Å². The third-order valence-electron chi connectivity index (χ3n) is 0.810. The molecule has 6 nitrogen and oxygen atoms in total. The summed E-state index contributed by atoms with van der Waals surface area (Å²) >= 11 is 0. The molecule has 7 heteroatoms. The molecular formula is C9H25O6Zr-. The van der Waals surface area contributed by atoms with Crippen LogP contribution in [0, 0.1) is 6.92 Å². The van der Waals surface area contributed by atoms with Gasteiger partial charge in [-0.15, -0.1) is 0 Å². The minimum absolute atomic E-state index is 0. The Morgan fingerprint density at radius 3 is 1.69 bits per heavy atom. The van der Waals surface area contributed by atoms with E-state index in [0.717, 1.165) is 21.3 Å². The molecule has 0 spiro atoms. The van der Waals surface area contributed by atoms with Gasteiger partial charge in [0.05, 0.1) is 13.2 Å². The molecule has 1 atom stereocenters. The van der Waals surface area contributed by atoms with Crippen LogP contribution in [-0.2, 0) is 30.9 Å². The van der Waals surface area contributed by atoms with Gasteiger partial charge in [0.25, 0.3) is 0 Å². The van der Waals surface area contributed by atoms with Crippen molar-refractivity contribution in [3.63, 3.8) is 0 Å². The number of aliphatic hydroxyl groups excluding tert-OH is 5. The fourth-order valence-electron chi connectivity index (χ4n) is 0.374. The maximum Gasteiger partial charge on any atom is 0.100 e. The van der Waals surface area contributed by atoms with Crippen LogP contribution in [0.3, 0.4) is 0 Å². The standard InChI is InChI=1S/C6H13O3.3CH4O.Zr/c1-2-3-9-5-6(8)4-7;3*1-2;/h6-8H,1-5H2;3*2H,1H3;/q-1;;;;. The van der Waals surface area contributed by atoms with E-state index >= 15 is 0 Å². The van der Waals surface area contributed by atoms with E-state index in [1.54, 1.807) is 0 Å². The summed E-state index contributed by atoms with van der Waals surface area (Å²) in [6.45, 7) is 4.04. The Morgan fingerprint density at radius 1 is 1.06 bits per heavy atom. The van der Waals surface area contributed by atoms with Gasteiger partial charge in [-0.3, -0.25) is 0 Å². The first-order valence-electron chi connectivity index (χ1n) is 4.31. The predicted molar refractivity (Wildman–Crippen MR) is 58.3 cm³/mol. The second kappa shape index (κ2) is 44.9. The maximum absolute atomic E-state index is 8.69. The molecule has 16 heavy (non-hydrogen) atoms. The van der Waals surface area contributed by atoms with E-state index < -0.39 is 6.10 Å². The van der Waals surface area contributed by atoms with Gasteiger partial charge in [-0.05, 0) is 0 Å². The number of hydrogen-bond acceptors (Lipinski definition) is 6. The fraction of sp³-hybridized carbons (Fsp3) is 0.889. The summed E-state index contributed by atoms with van der Waals surface area (Å²) in [5, 5.41) is 38.0. The molecule has 0 saturated heterocycles. The average molecular weight is 321 g/mol. The van der Waals surface area contributed by atoms with Gasteiger partial charge >= 0.3 is 0 Å². The van der Waals surface area contributed by atoms with Crippen molar-refractivity contribution in [2.24, 2.45) is 0 Å². The van der Waals surface area contributed by atoms with Crippen LogP contribution in [0.15, 0.2) is 0 Å². The second-order valence-corrected chi connectivity index (χ2v) is 1.76. The largest absolute Gasteiger partial charge is 0.400 e. The Balaban J connectivity index is -0.0000000498. The Kier molecular flexibility index (Phi) is 84.3. The Morgan fingerprint density at radius 2 is 1.44 bits per heavy atom. The SMILES string of the molecule is CO.CO.CO.[CH2-]CCOCC(O)CO.[Zr]. The molecule has 0 fully saturated rings. The first-order chi connectivity index (χ1) is 7.31. The van der Waals surface area contributed by atoms with Gasteiger partial charge in [-0.1, -0.05) is 0 Å². The van der Waals surface area contributed by atoms with Gasteiger partial charge in [-0.2, -0.15) is 6.42 Å². The Bertz CT molecular complexity index is 68.0. The summed E-state index contributed by atoms with van der Waals surface area (Å²) < 4.78 is 4.86. The zero-order chi connectivity index (χ0) is 13.1. The zero-order valence-corrected chi connectivity index (χ0v) is 12.7. The van der Waals surface area contributed by atoms with Crippen molar-refractivity contribution in [3.05, 3.63) is 6.92 Å². The molecule has 0 aromatic rings. The number of aliphatic hydroxyl groups is 5. The monoisotopic (exact) mass is 319 g/mol. The molecule has 0 aliphatic heterocycles. The minimum atomic E-state index is -0.739. The molecule has 0 radical (unpaired) electrons. The zero-order valence-electron chi connectivity index (χ0n) is 10.3. The van der Waals surface area contributed by atoms with E-state index in [1.165, 1.54) is 0 Å². The molecule has 0 bridgehead atoms. The van der Waals surface area contributed by atoms with Crippen molar-refractivity contribution < 1.29 is 56.5 Å². The molecule has 0 aromatic heterocycles. The molecule has 0 aromatic carbocycles. The van der Waals surface area contributed by atoms with Crippen LogP contribution in [0.4, 0.5) is 0 Å². The van der Waals surface area contributed by atoms with Crippen LogP contribution in [0.25, 0.3) is 0 Å². The van der Waals surface area contributed by atoms with Crippen LogP contribution >= 0.6 is 0 Å². The fourth-order valence-corrected chi connectivity index (χ4v) is 0.374. The number of rotatable bonds is 5. The van der Waals surface area contributed by atoms with Gasteiger partial charge in [-0.25, -0.2) is 0 Å². The Hall–Kier alpha value is 0.643. The number of ether oxygens (including phenoxy) is 1. The van der Waals surface area contributed by atoms with Crippen LogP contribution in [0.2, 0.25) is 0 Å². The summed E-state index contributed by atoms with van der Waals surface area (Å²) in [6.07, 6.45) is -0.0467. The van der Waals surface area contributed by atoms with Gasteiger partial charge in [0.1, 0.15) is 6.10 Å². The molecule has 5 N–H and O–H groups in total. The van der Waals surface area contributed by atoms with E-state index in [4.69, 9.17) is 30.3 Å². The molecule has 0 heterocycles. The van der Waals surface area contributed by atoms with Crippen molar-refractivity contribution in [2.45, 2.75) is 12.5 Å². The molecule has 102 valence electrons. The first kappa shape index (κ1) is 30.0. The summed E-state index contributed by atoms with van der Waals surface area (Å²) in [7, 11) is 3.00. The van der Waals surface area contributed by atoms with Crippen LogP contribution < -0.4 is 0 Å². The van der Waals surface area contributed by atoms with Gasteiger partial charge < -0.3 is 37.2 Å². The molecule has 0 rings (SSSR count). The van der Waals surface area contributed by atoms with Crippen molar-refractivity contribution in [1.82, 2.24) is 0 Å². The molecule has 0 saturated carbocycles. The molecule has 0 aliphatic carbocycles. The normalized spacial score (nSPS) is 8.81. The van der Waals surface area contributed by atoms with Gasteiger partial charge in [0.2, 0.25) is 0 Å². The average Bonchev–Trinajstić information content (AvgIpc) is 2.36. The van der Waals surface area contributed by atoms with Crippen LogP contribution in [-0.4, -0.2) is 72.8 Å². The van der Waals surface area contributed by atoms with E-state index in [9.17, 15) is 0 Å². The van der Waals surface area contributed by atoms with Crippen molar-refractivity contribution in [2.75, 3.05) is 41.2 Å².